The van der Waals surface area contributed by atoms with Crippen LogP contribution in [0.4, 0.5) is 4.79 Å². The summed E-state index contributed by atoms with van der Waals surface area (Å²) in [5.74, 6) is 2.68. The van der Waals surface area contributed by atoms with Gasteiger partial charge in [0, 0.05) is 23.5 Å². The van der Waals surface area contributed by atoms with Crippen LogP contribution in [-0.4, -0.2) is 112 Å². The standard InChI is InChI=1S/C41H61N7O9S/c1-6-7-16-56-17-18-57-39(55)45-29(20-43-47-42)44-36(53)33-23(3)21-58-38-32(37(54)48(33)38)46-30(50)11-8-22(2)25-9-10-26-31-27(13-15-40(25,26)4)41(5)14-12-24(49)19-28(41)34(51)35(31)52/h1,22,24-29,31-32,34-35,38,49,51-52H,7-21H2,2-5H3,(H,44,53)(H,45,55)(H,46,50)/t22-,24-,25-,26+,27+,28+,29?,31+,32?,34?,35?,38?,40-,41-/m1/s1. The van der Waals surface area contributed by atoms with Gasteiger partial charge in [-0.05, 0) is 116 Å². The number of hydrogen-bond donors (Lipinski definition) is 6. The van der Waals surface area contributed by atoms with E-state index in [0.717, 1.165) is 38.5 Å². The van der Waals surface area contributed by atoms with Gasteiger partial charge < -0.3 is 40.7 Å². The molecule has 2 aliphatic heterocycles. The Labute approximate surface area is 345 Å². The highest BCUT2D eigenvalue weighted by molar-refractivity contribution is 8.00. The van der Waals surface area contributed by atoms with Crippen molar-refractivity contribution in [3.05, 3.63) is 21.7 Å². The number of alkyl carbamates (subject to hydrolysis) is 1. The number of nitrogens with zero attached hydrogens (tertiary/aromatic N) is 4. The number of carbonyl (C=O) groups excluding carboxylic acids is 4. The molecule has 0 radical (unpaired) electrons. The maximum atomic E-state index is 13.6. The lowest BCUT2D eigenvalue weighted by molar-refractivity contribution is -0.223. The monoisotopic (exact) mass is 827 g/mol. The number of ether oxygens (including phenoxy) is 2. The highest BCUT2D eigenvalue weighted by Crippen LogP contribution is 2.68. The summed E-state index contributed by atoms with van der Waals surface area (Å²) >= 11 is 1.45. The fourth-order valence-corrected chi connectivity index (χ4v) is 13.2. The molecule has 16 nitrogen and oxygen atoms in total. The second-order valence-electron chi connectivity index (χ2n) is 17.9. The molecular weight excluding hydrogens is 767 g/mol. The summed E-state index contributed by atoms with van der Waals surface area (Å²) in [5.41, 5.74) is 9.51. The van der Waals surface area contributed by atoms with Gasteiger partial charge in [-0.25, -0.2) is 4.79 Å². The van der Waals surface area contributed by atoms with Gasteiger partial charge in [-0.1, -0.05) is 25.9 Å². The molecule has 6 rings (SSSR count). The third-order valence-corrected chi connectivity index (χ3v) is 16.2. The van der Waals surface area contributed by atoms with E-state index in [0.29, 0.717) is 49.0 Å². The number of nitrogens with one attached hydrogen (secondary N) is 3. The lowest BCUT2D eigenvalue weighted by Crippen LogP contribution is -2.71. The zero-order valence-corrected chi connectivity index (χ0v) is 34.9. The van der Waals surface area contributed by atoms with Crippen molar-refractivity contribution >= 4 is 35.6 Å². The molecule has 0 aromatic rings. The normalized spacial score (nSPS) is 37.3. The van der Waals surface area contributed by atoms with Crippen molar-refractivity contribution in [3.8, 4) is 12.3 Å². The minimum absolute atomic E-state index is 0.0150. The Kier molecular flexibility index (Phi) is 14.0. The van der Waals surface area contributed by atoms with Gasteiger partial charge in [-0.2, -0.15) is 0 Å². The molecule has 0 aromatic heterocycles. The Morgan fingerprint density at radius 1 is 1.05 bits per heavy atom. The van der Waals surface area contributed by atoms with Crippen LogP contribution in [0, 0.1) is 58.7 Å². The second-order valence-corrected chi connectivity index (χ2v) is 19.0. The van der Waals surface area contributed by atoms with E-state index < -0.39 is 53.8 Å². The molecule has 0 spiro atoms. The number of terminal acetylenes is 1. The van der Waals surface area contributed by atoms with Crippen LogP contribution in [0.2, 0.25) is 0 Å². The second kappa shape index (κ2) is 18.4. The minimum atomic E-state index is -1.13. The van der Waals surface area contributed by atoms with E-state index in [2.05, 4.69) is 52.7 Å². The van der Waals surface area contributed by atoms with Gasteiger partial charge in [0.25, 0.3) is 11.8 Å². The molecule has 6 N–H and O–H groups in total. The molecule has 0 bridgehead atoms. The number of aliphatic hydroxyl groups is 3. The summed E-state index contributed by atoms with van der Waals surface area (Å²) < 4.78 is 10.3. The maximum absolute atomic E-state index is 13.6. The van der Waals surface area contributed by atoms with Crippen LogP contribution in [0.25, 0.3) is 10.4 Å². The van der Waals surface area contributed by atoms with Crippen molar-refractivity contribution in [2.24, 2.45) is 51.5 Å². The average molecular weight is 828 g/mol. The number of azide groups is 1. The molecule has 320 valence electrons. The molecule has 17 heteroatoms. The van der Waals surface area contributed by atoms with Crippen LogP contribution in [0.3, 0.4) is 0 Å². The van der Waals surface area contributed by atoms with E-state index in [-0.39, 0.29) is 72.3 Å². The minimum Gasteiger partial charge on any atom is -0.447 e. The first kappa shape index (κ1) is 44.0. The van der Waals surface area contributed by atoms with E-state index >= 15 is 0 Å². The van der Waals surface area contributed by atoms with Crippen molar-refractivity contribution < 1.29 is 44.0 Å². The number of aliphatic hydroxyl groups excluding tert-OH is 3. The van der Waals surface area contributed by atoms with Crippen molar-refractivity contribution in [1.82, 2.24) is 20.9 Å². The number of hydrogen-bond acceptors (Lipinski definition) is 11. The molecular formula is C41H61N7O9S. The van der Waals surface area contributed by atoms with E-state index in [1.54, 1.807) is 6.92 Å². The maximum Gasteiger partial charge on any atom is 0.408 e. The number of amides is 4. The van der Waals surface area contributed by atoms with Gasteiger partial charge in [-0.15, -0.1) is 24.1 Å². The summed E-state index contributed by atoms with van der Waals surface area (Å²) in [6.45, 7) is 8.63. The molecule has 14 atom stereocenters. The van der Waals surface area contributed by atoms with Crippen molar-refractivity contribution in [2.45, 2.75) is 128 Å². The smallest absolute Gasteiger partial charge is 0.408 e. The number of β-lactam (4-membered cyclic amide) rings is 1. The SMILES string of the molecule is C#CCCOCCOC(=O)NC(CN=[N+]=[N-])NC(=O)C1=C(C)CSC2C(NC(=O)CC[C@@H](C)[C@H]3CC[C@H]4[C@@H]5C(O)C(O)[C@@H]6C[C@H](O)CC[C@]6(C)[C@H]5CC[C@]34C)C(=O)N12. The van der Waals surface area contributed by atoms with Gasteiger partial charge in [-0.3, -0.25) is 19.3 Å². The Morgan fingerprint density at radius 3 is 2.53 bits per heavy atom. The van der Waals surface area contributed by atoms with Gasteiger partial charge in [0.15, 0.2) is 0 Å². The molecule has 4 amide bonds. The molecule has 58 heavy (non-hydrogen) atoms. The van der Waals surface area contributed by atoms with Crippen molar-refractivity contribution in [2.75, 3.05) is 32.1 Å². The lowest BCUT2D eigenvalue weighted by Gasteiger charge is -2.63. The predicted octanol–water partition coefficient (Wildman–Crippen LogP) is 3.56. The first-order valence-corrected chi connectivity index (χ1v) is 21.9. The Hall–Kier alpha value is -3.52. The van der Waals surface area contributed by atoms with Crippen LogP contribution < -0.4 is 16.0 Å². The predicted molar refractivity (Wildman–Crippen MR) is 215 cm³/mol. The van der Waals surface area contributed by atoms with Crippen LogP contribution in [0.5, 0.6) is 0 Å². The van der Waals surface area contributed by atoms with Crippen molar-refractivity contribution in [1.29, 1.82) is 0 Å². The number of carbonyl (C=O) groups is 4. The third-order valence-electron chi connectivity index (χ3n) is 14.8. The lowest BCUT2D eigenvalue weighted by atomic mass is 9.43. The van der Waals surface area contributed by atoms with Crippen LogP contribution >= 0.6 is 11.8 Å². The summed E-state index contributed by atoms with van der Waals surface area (Å²) in [4.78, 5) is 57.0. The van der Waals surface area contributed by atoms with Crippen LogP contribution in [0.1, 0.15) is 91.9 Å². The van der Waals surface area contributed by atoms with E-state index in [1.165, 1.54) is 16.7 Å². The van der Waals surface area contributed by atoms with Gasteiger partial charge in [0.05, 0.1) is 38.1 Å². The van der Waals surface area contributed by atoms with Crippen LogP contribution in [0.15, 0.2) is 16.4 Å². The summed E-state index contributed by atoms with van der Waals surface area (Å²) in [5, 5.41) is 44.5. The molecule has 4 saturated carbocycles. The number of thioether (sulfide) groups is 1. The summed E-state index contributed by atoms with van der Waals surface area (Å²) in [6, 6.07) is -0.799. The summed E-state index contributed by atoms with van der Waals surface area (Å²) in [6.07, 6.45) is 8.60. The molecule has 6 aliphatic rings. The molecule has 1 saturated heterocycles. The zero-order chi connectivity index (χ0) is 41.9. The Bertz CT molecular complexity index is 1700. The zero-order valence-electron chi connectivity index (χ0n) is 34.1. The Morgan fingerprint density at radius 2 is 1.79 bits per heavy atom. The first-order valence-electron chi connectivity index (χ1n) is 20.9. The number of fused-ring (bicyclic) bond motifs is 6. The quantitative estimate of drug-likeness (QED) is 0.0267. The van der Waals surface area contributed by atoms with E-state index in [9.17, 15) is 34.5 Å². The highest BCUT2D eigenvalue weighted by atomic mass is 32.2. The van der Waals surface area contributed by atoms with E-state index in [4.69, 9.17) is 21.4 Å². The number of rotatable bonds is 15. The third kappa shape index (κ3) is 8.56. The largest absolute Gasteiger partial charge is 0.447 e. The van der Waals surface area contributed by atoms with Gasteiger partial charge >= 0.3 is 6.09 Å². The van der Waals surface area contributed by atoms with Crippen molar-refractivity contribution in [3.63, 3.8) is 0 Å². The van der Waals surface area contributed by atoms with Gasteiger partial charge in [0.1, 0.15) is 29.9 Å². The summed E-state index contributed by atoms with van der Waals surface area (Å²) in [7, 11) is 0. The van der Waals surface area contributed by atoms with E-state index in [1.807, 2.05) is 0 Å². The van der Waals surface area contributed by atoms with Gasteiger partial charge in [0.2, 0.25) is 5.91 Å². The molecule has 5 fully saturated rings. The first-order chi connectivity index (χ1) is 27.7. The molecule has 0 aromatic carbocycles. The molecule has 4 aliphatic carbocycles. The molecule has 2 heterocycles. The fourth-order valence-electron chi connectivity index (χ4n) is 11.9. The Balaban J connectivity index is 1.00. The highest BCUT2D eigenvalue weighted by Gasteiger charge is 2.65. The topological polar surface area (TPSA) is 236 Å². The van der Waals surface area contributed by atoms with Crippen LogP contribution in [-0.2, 0) is 23.9 Å². The molecule has 5 unspecified atom stereocenters. The average Bonchev–Trinajstić information content (AvgIpc) is 3.55. The fraction of sp³-hybridized carbons (Fsp3) is 0.805.